The summed E-state index contributed by atoms with van der Waals surface area (Å²) in [5, 5.41) is 7.67. The number of halogens is 1. The summed E-state index contributed by atoms with van der Waals surface area (Å²) in [4.78, 5) is 7.00. The molecule has 166 valence electrons. The van der Waals surface area contributed by atoms with Crippen LogP contribution in [0.3, 0.4) is 0 Å². The summed E-state index contributed by atoms with van der Waals surface area (Å²) < 4.78 is 14.8. The topological polar surface area (TPSA) is 68.3 Å². The van der Waals surface area contributed by atoms with Crippen LogP contribution >= 0.6 is 15.9 Å². The number of ether oxygens (including phenoxy) is 1. The maximum absolute atomic E-state index is 6.26. The van der Waals surface area contributed by atoms with Crippen molar-refractivity contribution < 1.29 is 9.15 Å². The van der Waals surface area contributed by atoms with Crippen molar-refractivity contribution in [2.45, 2.75) is 19.3 Å². The molecule has 7 nitrogen and oxygen atoms in total. The number of hydrogen-bond acceptors (Lipinski definition) is 6. The predicted octanol–water partition coefficient (Wildman–Crippen LogP) is 5.60. The Morgan fingerprint density at radius 2 is 1.97 bits per heavy atom. The molecule has 8 heteroatoms. The van der Waals surface area contributed by atoms with Crippen LogP contribution in [-0.4, -0.2) is 45.9 Å². The lowest BCUT2D eigenvalue weighted by molar-refractivity contribution is 0.183. The fourth-order valence-electron chi connectivity index (χ4n) is 4.15. The number of anilines is 2. The molecule has 32 heavy (non-hydrogen) atoms. The molecule has 2 aromatic carbocycles. The first-order chi connectivity index (χ1) is 15.7. The summed E-state index contributed by atoms with van der Waals surface area (Å²) in [6.45, 7) is 3.92. The number of fused-ring (bicyclic) bond motifs is 1. The number of oxazole rings is 1. The zero-order valence-corrected chi connectivity index (χ0v) is 19.6. The fraction of sp³-hybridized carbons (Fsp3) is 0.333. The normalized spacial score (nSPS) is 14.7. The Hall–Kier alpha value is -2.84. The highest BCUT2D eigenvalue weighted by Gasteiger charge is 2.17. The molecule has 2 aromatic heterocycles. The molecule has 0 aliphatic carbocycles. The van der Waals surface area contributed by atoms with Crippen LogP contribution in [0.15, 0.2) is 57.6 Å². The average Bonchev–Trinajstić information content (AvgIpc) is 3.37. The smallest absolute Gasteiger partial charge is 0.300 e. The Kier molecular flexibility index (Phi) is 6.14. The van der Waals surface area contributed by atoms with Crippen LogP contribution in [0.1, 0.15) is 19.3 Å². The zero-order chi connectivity index (χ0) is 21.9. The van der Waals surface area contributed by atoms with Crippen LogP contribution in [0, 0.1) is 0 Å². The van der Waals surface area contributed by atoms with E-state index in [1.165, 1.54) is 19.3 Å². The van der Waals surface area contributed by atoms with Crippen molar-refractivity contribution in [2.75, 3.05) is 31.6 Å². The quantitative estimate of drug-likeness (QED) is 0.359. The minimum absolute atomic E-state index is 0.458. The van der Waals surface area contributed by atoms with Gasteiger partial charge in [0, 0.05) is 24.8 Å². The molecule has 0 atom stereocenters. The van der Waals surface area contributed by atoms with E-state index in [2.05, 4.69) is 36.2 Å². The molecular formula is C24H26BrN5O2. The minimum atomic E-state index is 0.458. The highest BCUT2D eigenvalue weighted by atomic mass is 79.9. The highest BCUT2D eigenvalue weighted by Crippen LogP contribution is 2.37. The van der Waals surface area contributed by atoms with Crippen molar-refractivity contribution in [1.82, 2.24) is 19.7 Å². The third-order valence-corrected chi connectivity index (χ3v) is 6.37. The van der Waals surface area contributed by atoms with E-state index < -0.39 is 0 Å². The Labute approximate surface area is 195 Å². The SMILES string of the molecule is Cn1ncc(Br)c1-c1cc(Nc2nc3ccccc3o2)ccc1OCCN1CCCCC1. The maximum Gasteiger partial charge on any atom is 0.300 e. The molecule has 0 amide bonds. The van der Waals surface area contributed by atoms with Gasteiger partial charge in [0.15, 0.2) is 5.58 Å². The number of nitrogens with one attached hydrogen (secondary N) is 1. The maximum atomic E-state index is 6.26. The van der Waals surface area contributed by atoms with E-state index in [1.54, 1.807) is 6.20 Å². The summed E-state index contributed by atoms with van der Waals surface area (Å²) >= 11 is 3.64. The summed E-state index contributed by atoms with van der Waals surface area (Å²) in [6.07, 6.45) is 5.70. The van der Waals surface area contributed by atoms with Crippen LogP contribution in [0.2, 0.25) is 0 Å². The fourth-order valence-corrected chi connectivity index (χ4v) is 4.71. The van der Waals surface area contributed by atoms with E-state index in [9.17, 15) is 0 Å². The van der Waals surface area contributed by atoms with Crippen molar-refractivity contribution in [3.05, 3.63) is 53.1 Å². The second-order valence-corrected chi connectivity index (χ2v) is 8.89. The monoisotopic (exact) mass is 495 g/mol. The lowest BCUT2D eigenvalue weighted by atomic mass is 10.1. The van der Waals surface area contributed by atoms with Gasteiger partial charge in [-0.1, -0.05) is 18.6 Å². The molecule has 0 radical (unpaired) electrons. The number of benzene rings is 2. The van der Waals surface area contributed by atoms with Gasteiger partial charge in [0.1, 0.15) is 17.9 Å². The van der Waals surface area contributed by atoms with E-state index >= 15 is 0 Å². The summed E-state index contributed by atoms with van der Waals surface area (Å²) in [5.41, 5.74) is 4.35. The van der Waals surface area contributed by atoms with E-state index in [1.807, 2.05) is 54.2 Å². The number of aromatic nitrogens is 3. The Morgan fingerprint density at radius 3 is 2.75 bits per heavy atom. The van der Waals surface area contributed by atoms with E-state index in [-0.39, 0.29) is 0 Å². The zero-order valence-electron chi connectivity index (χ0n) is 18.1. The van der Waals surface area contributed by atoms with Gasteiger partial charge in [-0.3, -0.25) is 9.58 Å². The molecule has 1 N–H and O–H groups in total. The first-order valence-corrected chi connectivity index (χ1v) is 11.8. The summed E-state index contributed by atoms with van der Waals surface area (Å²) in [6, 6.07) is 14.2. The molecular weight excluding hydrogens is 470 g/mol. The molecule has 0 bridgehead atoms. The van der Waals surface area contributed by atoms with E-state index in [4.69, 9.17) is 9.15 Å². The minimum Gasteiger partial charge on any atom is -0.492 e. The van der Waals surface area contributed by atoms with Crippen molar-refractivity contribution in [3.63, 3.8) is 0 Å². The van der Waals surface area contributed by atoms with Gasteiger partial charge < -0.3 is 14.5 Å². The van der Waals surface area contributed by atoms with Crippen molar-refractivity contribution in [1.29, 1.82) is 0 Å². The summed E-state index contributed by atoms with van der Waals surface area (Å²) in [7, 11) is 1.93. The molecule has 4 aromatic rings. The lowest BCUT2D eigenvalue weighted by Gasteiger charge is -2.26. The predicted molar refractivity (Wildman–Crippen MR) is 129 cm³/mol. The molecule has 0 spiro atoms. The van der Waals surface area contributed by atoms with E-state index in [0.717, 1.165) is 57.9 Å². The van der Waals surface area contributed by atoms with Gasteiger partial charge in [-0.2, -0.15) is 10.1 Å². The Morgan fingerprint density at radius 1 is 1.12 bits per heavy atom. The van der Waals surface area contributed by atoms with Gasteiger partial charge in [0.25, 0.3) is 6.01 Å². The first-order valence-electron chi connectivity index (χ1n) is 11.0. The molecule has 1 aliphatic heterocycles. The van der Waals surface area contributed by atoms with Gasteiger partial charge in [0.05, 0.1) is 16.4 Å². The number of likely N-dealkylation sites (tertiary alicyclic amines) is 1. The summed E-state index contributed by atoms with van der Waals surface area (Å²) in [5.74, 6) is 0.828. The first kappa shape index (κ1) is 21.0. The van der Waals surface area contributed by atoms with Crippen LogP contribution in [-0.2, 0) is 7.05 Å². The number of para-hydroxylation sites is 2. The third kappa shape index (κ3) is 4.52. The van der Waals surface area contributed by atoms with Crippen molar-refractivity contribution in [3.8, 4) is 17.0 Å². The largest absolute Gasteiger partial charge is 0.492 e. The van der Waals surface area contributed by atoms with Gasteiger partial charge in [-0.25, -0.2) is 0 Å². The van der Waals surface area contributed by atoms with Gasteiger partial charge in [-0.15, -0.1) is 0 Å². The number of nitrogens with zero attached hydrogens (tertiary/aromatic N) is 4. The molecule has 5 rings (SSSR count). The molecule has 1 fully saturated rings. The Balaban J connectivity index is 1.40. The third-order valence-electron chi connectivity index (χ3n) is 5.79. The van der Waals surface area contributed by atoms with Crippen LogP contribution < -0.4 is 10.1 Å². The van der Waals surface area contributed by atoms with Gasteiger partial charge in [-0.05, 0) is 72.2 Å². The lowest BCUT2D eigenvalue weighted by Crippen LogP contribution is -2.33. The van der Waals surface area contributed by atoms with Crippen molar-refractivity contribution in [2.24, 2.45) is 7.05 Å². The molecule has 0 unspecified atom stereocenters. The molecule has 0 saturated carbocycles. The van der Waals surface area contributed by atoms with Crippen LogP contribution in [0.5, 0.6) is 5.75 Å². The second-order valence-electron chi connectivity index (χ2n) is 8.04. The van der Waals surface area contributed by atoms with Crippen LogP contribution in [0.25, 0.3) is 22.4 Å². The second kappa shape index (κ2) is 9.34. The van der Waals surface area contributed by atoms with Gasteiger partial charge >= 0.3 is 0 Å². The number of hydrogen-bond donors (Lipinski definition) is 1. The standard InChI is InChI=1S/C24H26BrN5O2/c1-29-23(19(25)16-26-29)18-15-17(27-24-28-20-7-3-4-8-22(20)32-24)9-10-21(18)31-14-13-30-11-5-2-6-12-30/h3-4,7-10,15-16H,2,5-6,11-14H2,1H3,(H,27,28). The molecule has 3 heterocycles. The Bertz CT molecular complexity index is 1160. The van der Waals surface area contributed by atoms with Crippen LogP contribution in [0.4, 0.5) is 11.7 Å². The number of piperidine rings is 1. The molecule has 1 saturated heterocycles. The van der Waals surface area contributed by atoms with Crippen molar-refractivity contribution >= 4 is 38.7 Å². The van der Waals surface area contributed by atoms with Gasteiger partial charge in [0.2, 0.25) is 0 Å². The average molecular weight is 496 g/mol. The number of rotatable bonds is 7. The highest BCUT2D eigenvalue weighted by molar-refractivity contribution is 9.10. The molecule has 1 aliphatic rings. The number of aryl methyl sites for hydroxylation is 1. The van der Waals surface area contributed by atoms with E-state index in [0.29, 0.717) is 12.6 Å².